The van der Waals surface area contributed by atoms with Crippen molar-refractivity contribution >= 4 is 27.3 Å². The Kier molecular flexibility index (Phi) is 4.55. The van der Waals surface area contributed by atoms with Crippen LogP contribution >= 0.6 is 0 Å². The third kappa shape index (κ3) is 3.58. The minimum atomic E-state index is -3.33. The summed E-state index contributed by atoms with van der Waals surface area (Å²) in [6.07, 6.45) is 4.15. The molecule has 1 amide bonds. The maximum atomic E-state index is 12.6. The molecule has 0 atom stereocenters. The normalized spacial score (nSPS) is 13.8. The smallest absolute Gasteiger partial charge is 0.255 e. The van der Waals surface area contributed by atoms with Crippen LogP contribution in [-0.4, -0.2) is 47.3 Å². The van der Waals surface area contributed by atoms with Gasteiger partial charge in [0.05, 0.1) is 17.6 Å². The van der Waals surface area contributed by atoms with Gasteiger partial charge in [-0.15, -0.1) is 5.10 Å². The van der Waals surface area contributed by atoms with Gasteiger partial charge in [0.25, 0.3) is 5.91 Å². The lowest BCUT2D eigenvalue weighted by molar-refractivity contribution is 0.102. The maximum absolute atomic E-state index is 12.6. The summed E-state index contributed by atoms with van der Waals surface area (Å²) < 4.78 is 26.8. The number of nitrogens with one attached hydrogen (secondary N) is 1. The Labute approximate surface area is 162 Å². The molecule has 3 aromatic rings. The minimum Gasteiger partial charge on any atom is -0.322 e. The van der Waals surface area contributed by atoms with Crippen molar-refractivity contribution in [3.05, 3.63) is 59.9 Å². The molecule has 0 bridgehead atoms. The fourth-order valence-electron chi connectivity index (χ4n) is 3.23. The summed E-state index contributed by atoms with van der Waals surface area (Å²) in [5, 5.41) is 13.8. The van der Waals surface area contributed by atoms with E-state index in [0.717, 1.165) is 24.1 Å². The van der Waals surface area contributed by atoms with E-state index in [1.54, 1.807) is 42.5 Å². The van der Waals surface area contributed by atoms with Crippen LogP contribution in [0.25, 0.3) is 5.69 Å². The van der Waals surface area contributed by atoms with Gasteiger partial charge in [0.15, 0.2) is 0 Å². The monoisotopic (exact) mass is 398 g/mol. The van der Waals surface area contributed by atoms with E-state index in [4.69, 9.17) is 0 Å². The predicted octanol–water partition coefficient (Wildman–Crippen LogP) is 1.63. The Bertz CT molecular complexity index is 1110. The van der Waals surface area contributed by atoms with Gasteiger partial charge in [0.2, 0.25) is 10.0 Å². The molecule has 144 valence electrons. The van der Waals surface area contributed by atoms with Crippen LogP contribution in [0, 0.1) is 0 Å². The number of hydrogen-bond donors (Lipinski definition) is 1. The first-order valence-electron chi connectivity index (χ1n) is 8.67. The predicted molar refractivity (Wildman–Crippen MR) is 104 cm³/mol. The van der Waals surface area contributed by atoms with E-state index >= 15 is 0 Å². The quantitative estimate of drug-likeness (QED) is 0.715. The Hall–Kier alpha value is -3.27. The first-order chi connectivity index (χ1) is 13.4. The number of sulfonamides is 1. The van der Waals surface area contributed by atoms with Gasteiger partial charge in [-0.2, -0.15) is 0 Å². The van der Waals surface area contributed by atoms with E-state index in [1.165, 1.54) is 21.6 Å². The highest BCUT2D eigenvalue weighted by Gasteiger charge is 2.24. The third-order valence-electron chi connectivity index (χ3n) is 4.56. The molecular formula is C18H18N6O3S. The first kappa shape index (κ1) is 18.1. The van der Waals surface area contributed by atoms with E-state index in [2.05, 4.69) is 20.8 Å². The van der Waals surface area contributed by atoms with E-state index in [1.807, 2.05) is 0 Å². The van der Waals surface area contributed by atoms with Gasteiger partial charge in [0, 0.05) is 17.8 Å². The van der Waals surface area contributed by atoms with Crippen molar-refractivity contribution < 1.29 is 13.2 Å². The fraction of sp³-hybridized carbons (Fsp3) is 0.222. The topological polar surface area (TPSA) is 110 Å². The Morgan fingerprint density at radius 2 is 1.93 bits per heavy atom. The molecule has 1 aliphatic rings. The van der Waals surface area contributed by atoms with Crippen molar-refractivity contribution in [1.82, 2.24) is 20.2 Å². The maximum Gasteiger partial charge on any atom is 0.255 e. The Balaban J connectivity index is 1.53. The second-order valence-corrected chi connectivity index (χ2v) is 8.44. The van der Waals surface area contributed by atoms with Gasteiger partial charge in [-0.05, 0) is 71.3 Å². The molecule has 0 fully saturated rings. The van der Waals surface area contributed by atoms with Crippen LogP contribution in [-0.2, 0) is 16.4 Å². The van der Waals surface area contributed by atoms with Crippen LogP contribution in [0.15, 0.2) is 48.8 Å². The van der Waals surface area contributed by atoms with Crippen LogP contribution in [0.5, 0.6) is 0 Å². The molecule has 2 heterocycles. The zero-order valence-electron chi connectivity index (χ0n) is 15.1. The lowest BCUT2D eigenvalue weighted by atomic mass is 10.0. The largest absolute Gasteiger partial charge is 0.322 e. The molecule has 0 radical (unpaired) electrons. The number of nitrogens with zero attached hydrogens (tertiary/aromatic N) is 5. The zero-order valence-corrected chi connectivity index (χ0v) is 15.9. The van der Waals surface area contributed by atoms with Crippen LogP contribution in [0.1, 0.15) is 22.3 Å². The summed E-state index contributed by atoms with van der Waals surface area (Å²) >= 11 is 0. The summed E-state index contributed by atoms with van der Waals surface area (Å²) in [6.45, 7) is 0.463. The standard InChI is InChI=1S/C18H18N6O3S/c1-28(26,27)24-10-2-3-13-11-14(4-9-17(13)24)18(25)20-15-5-7-16(8-6-15)23-12-19-21-22-23/h4-9,11-12H,2-3,10H2,1H3,(H,20,25). The molecule has 4 rings (SSSR count). The number of tetrazole rings is 1. The first-order valence-corrected chi connectivity index (χ1v) is 10.5. The molecular weight excluding hydrogens is 380 g/mol. The fourth-order valence-corrected chi connectivity index (χ4v) is 4.22. The molecule has 1 aromatic heterocycles. The molecule has 10 heteroatoms. The number of rotatable bonds is 4. The number of hydrogen-bond acceptors (Lipinski definition) is 6. The molecule has 0 aliphatic carbocycles. The molecule has 28 heavy (non-hydrogen) atoms. The minimum absolute atomic E-state index is 0.255. The Morgan fingerprint density at radius 3 is 2.61 bits per heavy atom. The molecule has 0 saturated carbocycles. The number of benzene rings is 2. The highest BCUT2D eigenvalue weighted by Crippen LogP contribution is 2.30. The van der Waals surface area contributed by atoms with Gasteiger partial charge in [-0.25, -0.2) is 13.1 Å². The van der Waals surface area contributed by atoms with Crippen LogP contribution < -0.4 is 9.62 Å². The molecule has 1 N–H and O–H groups in total. The van der Waals surface area contributed by atoms with Gasteiger partial charge >= 0.3 is 0 Å². The van der Waals surface area contributed by atoms with E-state index < -0.39 is 10.0 Å². The van der Waals surface area contributed by atoms with E-state index in [-0.39, 0.29) is 5.91 Å². The van der Waals surface area contributed by atoms with Gasteiger partial charge in [0.1, 0.15) is 6.33 Å². The average Bonchev–Trinajstić information content (AvgIpc) is 3.21. The summed E-state index contributed by atoms with van der Waals surface area (Å²) in [6, 6.07) is 12.2. The van der Waals surface area contributed by atoms with Crippen molar-refractivity contribution in [3.8, 4) is 5.69 Å². The number of aryl methyl sites for hydroxylation is 1. The zero-order chi connectivity index (χ0) is 19.7. The third-order valence-corrected chi connectivity index (χ3v) is 5.74. The van der Waals surface area contributed by atoms with Crippen LogP contribution in [0.3, 0.4) is 0 Å². The summed E-state index contributed by atoms with van der Waals surface area (Å²) in [4.78, 5) is 12.6. The van der Waals surface area contributed by atoms with E-state index in [9.17, 15) is 13.2 Å². The second kappa shape index (κ2) is 7.04. The second-order valence-electron chi connectivity index (χ2n) is 6.54. The number of amides is 1. The van der Waals surface area contributed by atoms with Crippen molar-refractivity contribution in [3.63, 3.8) is 0 Å². The molecule has 0 saturated heterocycles. The van der Waals surface area contributed by atoms with Crippen LogP contribution in [0.4, 0.5) is 11.4 Å². The SMILES string of the molecule is CS(=O)(=O)N1CCCc2cc(C(=O)Nc3ccc(-n4cnnn4)cc3)ccc21. The van der Waals surface area contributed by atoms with Gasteiger partial charge < -0.3 is 5.32 Å². The molecule has 9 nitrogen and oxygen atoms in total. The highest BCUT2D eigenvalue weighted by atomic mass is 32.2. The number of anilines is 2. The number of carbonyl (C=O) groups excluding carboxylic acids is 1. The summed E-state index contributed by atoms with van der Waals surface area (Å²) in [7, 11) is -3.33. The molecule has 2 aromatic carbocycles. The van der Waals surface area contributed by atoms with Crippen molar-refractivity contribution in [1.29, 1.82) is 0 Å². The van der Waals surface area contributed by atoms with Crippen molar-refractivity contribution in [2.75, 3.05) is 22.4 Å². The number of aromatic nitrogens is 4. The average molecular weight is 398 g/mol. The van der Waals surface area contributed by atoms with Crippen molar-refractivity contribution in [2.45, 2.75) is 12.8 Å². The molecule has 1 aliphatic heterocycles. The van der Waals surface area contributed by atoms with Crippen molar-refractivity contribution in [2.24, 2.45) is 0 Å². The van der Waals surface area contributed by atoms with Crippen LogP contribution in [0.2, 0.25) is 0 Å². The summed E-state index contributed by atoms with van der Waals surface area (Å²) in [5.74, 6) is -0.255. The van der Waals surface area contributed by atoms with Gasteiger partial charge in [-0.1, -0.05) is 0 Å². The van der Waals surface area contributed by atoms with Gasteiger partial charge in [-0.3, -0.25) is 9.10 Å². The van der Waals surface area contributed by atoms with E-state index in [0.29, 0.717) is 23.5 Å². The lowest BCUT2D eigenvalue weighted by Crippen LogP contribution is -2.34. The highest BCUT2D eigenvalue weighted by molar-refractivity contribution is 7.92. The number of fused-ring (bicyclic) bond motifs is 1. The molecule has 0 spiro atoms. The lowest BCUT2D eigenvalue weighted by Gasteiger charge is -2.29. The summed E-state index contributed by atoms with van der Waals surface area (Å²) in [5.41, 5.74) is 3.41. The molecule has 0 unspecified atom stereocenters. The number of carbonyl (C=O) groups is 1. The Morgan fingerprint density at radius 1 is 1.14 bits per heavy atom.